The molecule has 0 bridgehead atoms. The summed E-state index contributed by atoms with van der Waals surface area (Å²) in [6.45, 7) is 11.8. The van der Waals surface area contributed by atoms with Crippen molar-refractivity contribution in [2.75, 3.05) is 27.4 Å². The Morgan fingerprint density at radius 3 is 1.00 bits per heavy atom. The predicted molar refractivity (Wildman–Crippen MR) is 49.6 cm³/mol. The van der Waals surface area contributed by atoms with Gasteiger partial charge in [-0.05, 0) is 0 Å². The lowest BCUT2D eigenvalue weighted by Gasteiger charge is -1.70. The van der Waals surface area contributed by atoms with Gasteiger partial charge in [0.25, 0.3) is 0 Å². The molecule has 0 unspecified atom stereocenters. The Balaban J connectivity index is -0.0000000315. The summed E-state index contributed by atoms with van der Waals surface area (Å²) in [5.74, 6) is 0. The van der Waals surface area contributed by atoms with Gasteiger partial charge in [-0.1, -0.05) is 0 Å². The van der Waals surface area contributed by atoms with E-state index in [4.69, 9.17) is 10.2 Å². The molecule has 0 rings (SSSR count). The highest BCUT2D eigenvalue weighted by molar-refractivity contribution is 4.22. The molecule has 0 spiro atoms. The first-order valence-electron chi connectivity index (χ1n) is 2.95. The molecule has 0 aromatic carbocycles. The maximum Gasteiger partial charge on any atom is 0.0662 e. The summed E-state index contributed by atoms with van der Waals surface area (Å²) in [6.07, 6.45) is 0. The van der Waals surface area contributed by atoms with Crippen LogP contribution in [0.2, 0.25) is 0 Å². The molecule has 0 heterocycles. The van der Waals surface area contributed by atoms with E-state index in [9.17, 15) is 0 Å². The van der Waals surface area contributed by atoms with Gasteiger partial charge in [0.2, 0.25) is 0 Å². The number of aliphatic hydroxyl groups excluding tert-OH is 2. The quantitative estimate of drug-likeness (QED) is 0.565. The first kappa shape index (κ1) is 22.4. The van der Waals surface area contributed by atoms with Gasteiger partial charge in [0.1, 0.15) is 0 Å². The summed E-state index contributed by atoms with van der Waals surface area (Å²) in [5, 5.41) is 15.2. The van der Waals surface area contributed by atoms with Gasteiger partial charge < -0.3 is 14.9 Å². The van der Waals surface area contributed by atoms with E-state index in [0.29, 0.717) is 0 Å². The normalized spacial score (nSPS) is 5.09. The van der Waals surface area contributed by atoms with Crippen LogP contribution in [0.4, 0.5) is 0 Å². The summed E-state index contributed by atoms with van der Waals surface area (Å²) < 4.78 is 4.25. The molecule has 0 radical (unpaired) electrons. The van der Waals surface area contributed by atoms with Crippen molar-refractivity contribution < 1.29 is 14.9 Å². The summed E-state index contributed by atoms with van der Waals surface area (Å²) in [7, 11) is 3.25. The van der Waals surface area contributed by atoms with Crippen LogP contribution in [0.15, 0.2) is 26.3 Å². The van der Waals surface area contributed by atoms with Crippen molar-refractivity contribution >= 4 is 0 Å². The van der Waals surface area contributed by atoms with E-state index in [2.05, 4.69) is 31.1 Å². The molecule has 3 nitrogen and oxygen atoms in total. The number of hydrogen-bond acceptors (Lipinski definition) is 3. The van der Waals surface area contributed by atoms with Crippen molar-refractivity contribution in [1.82, 2.24) is 0 Å². The molecule has 0 aromatic rings. The zero-order chi connectivity index (χ0) is 10.1. The lowest BCUT2D eigenvalue weighted by atomic mass is 10.8. The van der Waals surface area contributed by atoms with Crippen LogP contribution in [0.25, 0.3) is 0 Å². The molecule has 0 fully saturated rings. The lowest BCUT2D eigenvalue weighted by Crippen LogP contribution is -1.85. The average molecular weight is 164 g/mol. The maximum absolute atomic E-state index is 7.62. The molecule has 11 heavy (non-hydrogen) atoms. The summed E-state index contributed by atoms with van der Waals surface area (Å²) in [5.41, 5.74) is 0. The second-order valence-electron chi connectivity index (χ2n) is 0.855. The fourth-order valence-electron chi connectivity index (χ4n) is 0. The van der Waals surface area contributed by atoms with Gasteiger partial charge in [0.05, 0.1) is 13.2 Å². The summed E-state index contributed by atoms with van der Waals surface area (Å²) >= 11 is 0. The lowest BCUT2D eigenvalue weighted by molar-refractivity contribution is 0.186. The molecule has 0 atom stereocenters. The standard InChI is InChI=1S/C2H6O2.C2H6O.2C2H4/c3-1-2-4;1-3-2;2*1-2/h3-4H,1-2H2;1-2H3;2*1-2H2. The largest absolute Gasteiger partial charge is 0.394 e. The molecule has 0 saturated heterocycles. The van der Waals surface area contributed by atoms with Crippen molar-refractivity contribution in [2.24, 2.45) is 0 Å². The Bertz CT molecular complexity index is 28.5. The Kier molecular flexibility index (Phi) is 240. The van der Waals surface area contributed by atoms with E-state index in [0.717, 1.165) is 0 Å². The Morgan fingerprint density at radius 2 is 1.00 bits per heavy atom. The zero-order valence-corrected chi connectivity index (χ0v) is 7.55. The molecule has 0 aromatic heterocycles. The molecule has 0 amide bonds. The summed E-state index contributed by atoms with van der Waals surface area (Å²) in [4.78, 5) is 0. The fraction of sp³-hybridized carbons (Fsp3) is 0.500. The Labute approximate surface area is 69.6 Å². The van der Waals surface area contributed by atoms with Gasteiger partial charge in [-0.15, -0.1) is 26.3 Å². The molecular weight excluding hydrogens is 144 g/mol. The maximum atomic E-state index is 7.62. The van der Waals surface area contributed by atoms with Crippen LogP contribution in [0.3, 0.4) is 0 Å². The smallest absolute Gasteiger partial charge is 0.0662 e. The monoisotopic (exact) mass is 164 g/mol. The molecule has 0 aliphatic carbocycles. The number of rotatable bonds is 1. The SMILES string of the molecule is C=C.C=C.COC.OCCO. The minimum atomic E-state index is -0.125. The minimum Gasteiger partial charge on any atom is -0.394 e. The van der Waals surface area contributed by atoms with Gasteiger partial charge in [-0.25, -0.2) is 0 Å². The molecule has 3 heteroatoms. The van der Waals surface area contributed by atoms with Gasteiger partial charge in [-0.2, -0.15) is 0 Å². The number of methoxy groups -OCH3 is 1. The van der Waals surface area contributed by atoms with E-state index in [-0.39, 0.29) is 13.2 Å². The minimum absolute atomic E-state index is 0.125. The Hall–Kier alpha value is -0.640. The van der Waals surface area contributed by atoms with E-state index >= 15 is 0 Å². The third-order valence-corrected chi connectivity index (χ3v) is 0.1000. The molecule has 2 N–H and O–H groups in total. The highest BCUT2D eigenvalue weighted by atomic mass is 16.4. The number of aliphatic hydroxyl groups is 2. The molecular formula is C8H20O3. The first-order valence-corrected chi connectivity index (χ1v) is 2.95. The van der Waals surface area contributed by atoms with Crippen molar-refractivity contribution in [2.45, 2.75) is 0 Å². The van der Waals surface area contributed by atoms with Crippen LogP contribution in [0, 0.1) is 0 Å². The average Bonchev–Trinajstić information content (AvgIpc) is 2.12. The van der Waals surface area contributed by atoms with Crippen LogP contribution in [0.1, 0.15) is 0 Å². The Morgan fingerprint density at radius 1 is 0.909 bits per heavy atom. The predicted octanol–water partition coefficient (Wildman–Crippen LogP) is 0.838. The van der Waals surface area contributed by atoms with Crippen LogP contribution in [-0.4, -0.2) is 37.6 Å². The van der Waals surface area contributed by atoms with Crippen LogP contribution in [0.5, 0.6) is 0 Å². The van der Waals surface area contributed by atoms with Crippen molar-refractivity contribution in [3.63, 3.8) is 0 Å². The highest BCUT2D eigenvalue weighted by Gasteiger charge is 1.58. The van der Waals surface area contributed by atoms with Crippen LogP contribution >= 0.6 is 0 Å². The number of ether oxygens (including phenoxy) is 1. The van der Waals surface area contributed by atoms with Crippen molar-refractivity contribution in [1.29, 1.82) is 0 Å². The van der Waals surface area contributed by atoms with Gasteiger partial charge >= 0.3 is 0 Å². The van der Waals surface area contributed by atoms with Gasteiger partial charge in [0, 0.05) is 14.2 Å². The zero-order valence-electron chi connectivity index (χ0n) is 7.55. The van der Waals surface area contributed by atoms with Crippen LogP contribution in [-0.2, 0) is 4.74 Å². The second kappa shape index (κ2) is 117. The van der Waals surface area contributed by atoms with Crippen molar-refractivity contribution in [3.05, 3.63) is 26.3 Å². The topological polar surface area (TPSA) is 49.7 Å². The van der Waals surface area contributed by atoms with Gasteiger partial charge in [-0.3, -0.25) is 0 Å². The van der Waals surface area contributed by atoms with Crippen LogP contribution < -0.4 is 0 Å². The third kappa shape index (κ3) is 3910. The third-order valence-electron chi connectivity index (χ3n) is 0.1000. The second-order valence-corrected chi connectivity index (χ2v) is 0.855. The number of hydrogen-bond donors (Lipinski definition) is 2. The fourth-order valence-corrected chi connectivity index (χ4v) is 0. The van der Waals surface area contributed by atoms with E-state index in [1.54, 1.807) is 14.2 Å². The molecule has 70 valence electrons. The van der Waals surface area contributed by atoms with E-state index in [1.165, 1.54) is 0 Å². The highest BCUT2D eigenvalue weighted by Crippen LogP contribution is 1.39. The van der Waals surface area contributed by atoms with Crippen molar-refractivity contribution in [3.8, 4) is 0 Å². The molecule has 0 aliphatic heterocycles. The summed E-state index contributed by atoms with van der Waals surface area (Å²) in [6, 6.07) is 0. The van der Waals surface area contributed by atoms with Gasteiger partial charge in [0.15, 0.2) is 0 Å². The molecule has 0 saturated carbocycles. The van der Waals surface area contributed by atoms with E-state index in [1.807, 2.05) is 0 Å². The van der Waals surface area contributed by atoms with E-state index < -0.39 is 0 Å². The first-order chi connectivity index (χ1) is 5.33. The molecule has 0 aliphatic rings.